The van der Waals surface area contributed by atoms with Crippen LogP contribution in [0.1, 0.15) is 20.3 Å². The number of anilines is 1. The van der Waals surface area contributed by atoms with Crippen LogP contribution in [-0.4, -0.2) is 35.5 Å². The highest BCUT2D eigenvalue weighted by Crippen LogP contribution is 2.34. The van der Waals surface area contributed by atoms with Gasteiger partial charge in [0.05, 0.1) is 15.0 Å². The van der Waals surface area contributed by atoms with Crippen LogP contribution < -0.4 is 5.32 Å². The largest absolute Gasteiger partial charge is 0.379 e. The monoisotopic (exact) mass is 331 g/mol. The highest BCUT2D eigenvalue weighted by atomic mass is 35.5. The van der Waals surface area contributed by atoms with Crippen molar-refractivity contribution in [1.29, 1.82) is 0 Å². The Hall–Kier alpha value is -1.04. The lowest BCUT2D eigenvalue weighted by molar-refractivity contribution is -0.383. The van der Waals surface area contributed by atoms with Gasteiger partial charge in [0.25, 0.3) is 5.69 Å². The number of likely N-dealkylation sites (tertiary alicyclic amines) is 1. The number of nitro groups is 1. The van der Waals surface area contributed by atoms with Gasteiger partial charge in [0, 0.05) is 25.2 Å². The molecule has 0 aromatic heterocycles. The molecule has 0 spiro atoms. The molecular formula is C14H19Cl2N3O2. The van der Waals surface area contributed by atoms with Gasteiger partial charge < -0.3 is 10.2 Å². The number of hydrogen-bond donors (Lipinski definition) is 1. The van der Waals surface area contributed by atoms with Gasteiger partial charge in [-0.05, 0) is 38.8 Å². The third-order valence-corrected chi connectivity index (χ3v) is 4.59. The molecule has 1 saturated heterocycles. The number of benzene rings is 1. The van der Waals surface area contributed by atoms with Gasteiger partial charge in [0.2, 0.25) is 0 Å². The summed E-state index contributed by atoms with van der Waals surface area (Å²) < 4.78 is 0. The van der Waals surface area contributed by atoms with Crippen molar-refractivity contribution in [2.75, 3.05) is 25.0 Å². The summed E-state index contributed by atoms with van der Waals surface area (Å²) >= 11 is 11.8. The van der Waals surface area contributed by atoms with Gasteiger partial charge in [-0.25, -0.2) is 0 Å². The summed E-state index contributed by atoms with van der Waals surface area (Å²) in [5.41, 5.74) is 0.389. The van der Waals surface area contributed by atoms with E-state index in [0.717, 1.165) is 19.5 Å². The van der Waals surface area contributed by atoms with E-state index >= 15 is 0 Å². The highest BCUT2D eigenvalue weighted by Gasteiger charge is 2.25. The molecule has 1 fully saturated rings. The molecule has 1 aromatic rings. The quantitative estimate of drug-likeness (QED) is 0.653. The average molecular weight is 332 g/mol. The molecule has 21 heavy (non-hydrogen) atoms. The Morgan fingerprint density at radius 2 is 2.10 bits per heavy atom. The van der Waals surface area contributed by atoms with Gasteiger partial charge in [-0.2, -0.15) is 0 Å². The Morgan fingerprint density at radius 3 is 2.67 bits per heavy atom. The molecular weight excluding hydrogens is 313 g/mol. The molecule has 116 valence electrons. The topological polar surface area (TPSA) is 58.4 Å². The minimum atomic E-state index is -0.445. The number of halogens is 2. The van der Waals surface area contributed by atoms with Crippen LogP contribution in [0.2, 0.25) is 10.0 Å². The zero-order chi connectivity index (χ0) is 15.6. The van der Waals surface area contributed by atoms with Crippen molar-refractivity contribution in [3.63, 3.8) is 0 Å². The fourth-order valence-corrected chi connectivity index (χ4v) is 2.90. The molecule has 5 nitrogen and oxygen atoms in total. The van der Waals surface area contributed by atoms with Crippen LogP contribution in [0.25, 0.3) is 0 Å². The van der Waals surface area contributed by atoms with Crippen LogP contribution >= 0.6 is 23.2 Å². The molecule has 1 aromatic carbocycles. The molecule has 1 aliphatic heterocycles. The molecule has 1 unspecified atom stereocenters. The van der Waals surface area contributed by atoms with Crippen molar-refractivity contribution in [2.24, 2.45) is 5.92 Å². The maximum atomic E-state index is 11.1. The Bertz CT molecular complexity index is 537. The summed E-state index contributed by atoms with van der Waals surface area (Å²) in [5, 5.41) is 14.7. The maximum absolute atomic E-state index is 11.1. The molecule has 0 amide bonds. The highest BCUT2D eigenvalue weighted by molar-refractivity contribution is 6.42. The van der Waals surface area contributed by atoms with Crippen LogP contribution in [-0.2, 0) is 0 Å². The van der Waals surface area contributed by atoms with Crippen molar-refractivity contribution in [2.45, 2.75) is 26.3 Å². The van der Waals surface area contributed by atoms with E-state index in [1.807, 2.05) is 0 Å². The smallest absolute Gasteiger partial charge is 0.293 e. The van der Waals surface area contributed by atoms with Crippen LogP contribution in [0.3, 0.4) is 0 Å². The van der Waals surface area contributed by atoms with E-state index < -0.39 is 4.92 Å². The number of hydrogen-bond acceptors (Lipinski definition) is 4. The number of rotatable bonds is 5. The second-order valence-electron chi connectivity index (χ2n) is 5.66. The SMILES string of the molecule is CC(C)N1CCC(CNc2cc(Cl)c(Cl)cc2[N+](=O)[O-])C1. The van der Waals surface area contributed by atoms with Crippen LogP contribution in [0.5, 0.6) is 0 Å². The molecule has 0 aliphatic carbocycles. The van der Waals surface area contributed by atoms with Gasteiger partial charge in [-0.1, -0.05) is 23.2 Å². The Labute approximate surface area is 134 Å². The average Bonchev–Trinajstić information content (AvgIpc) is 2.88. The summed E-state index contributed by atoms with van der Waals surface area (Å²) in [6.07, 6.45) is 1.10. The van der Waals surface area contributed by atoms with Crippen LogP contribution in [0.4, 0.5) is 11.4 Å². The molecule has 0 radical (unpaired) electrons. The van der Waals surface area contributed by atoms with Crippen molar-refractivity contribution < 1.29 is 4.92 Å². The van der Waals surface area contributed by atoms with E-state index in [1.165, 1.54) is 12.1 Å². The van der Waals surface area contributed by atoms with Crippen LogP contribution in [0, 0.1) is 16.0 Å². The Balaban J connectivity index is 2.03. The van der Waals surface area contributed by atoms with Crippen LogP contribution in [0.15, 0.2) is 12.1 Å². The lowest BCUT2D eigenvalue weighted by Gasteiger charge is -2.20. The third-order valence-electron chi connectivity index (χ3n) is 3.86. The van der Waals surface area contributed by atoms with Crippen molar-refractivity contribution in [3.05, 3.63) is 32.3 Å². The minimum absolute atomic E-state index is 0.0388. The lowest BCUT2D eigenvalue weighted by atomic mass is 10.1. The first-order chi connectivity index (χ1) is 9.88. The number of nitro benzene ring substituents is 1. The summed E-state index contributed by atoms with van der Waals surface area (Å²) in [7, 11) is 0. The molecule has 1 atom stereocenters. The van der Waals surface area contributed by atoms with Gasteiger partial charge in [-0.3, -0.25) is 10.1 Å². The second-order valence-corrected chi connectivity index (χ2v) is 6.48. The normalized spacial score (nSPS) is 19.2. The van der Waals surface area contributed by atoms with Gasteiger partial charge in [-0.15, -0.1) is 0 Å². The molecule has 1 aliphatic rings. The first kappa shape index (κ1) is 16.3. The van der Waals surface area contributed by atoms with E-state index in [-0.39, 0.29) is 10.7 Å². The number of nitrogens with one attached hydrogen (secondary N) is 1. The van der Waals surface area contributed by atoms with Crippen molar-refractivity contribution in [1.82, 2.24) is 4.90 Å². The predicted molar refractivity (Wildman–Crippen MR) is 86.4 cm³/mol. The Kier molecular flexibility index (Phi) is 5.30. The lowest BCUT2D eigenvalue weighted by Crippen LogP contribution is -2.29. The Morgan fingerprint density at radius 1 is 1.43 bits per heavy atom. The van der Waals surface area contributed by atoms with Gasteiger partial charge in [0.15, 0.2) is 0 Å². The van der Waals surface area contributed by atoms with Crippen molar-refractivity contribution in [3.8, 4) is 0 Å². The molecule has 1 heterocycles. The first-order valence-electron chi connectivity index (χ1n) is 7.00. The zero-order valence-electron chi connectivity index (χ0n) is 12.1. The van der Waals surface area contributed by atoms with Gasteiger partial charge >= 0.3 is 0 Å². The van der Waals surface area contributed by atoms with E-state index in [0.29, 0.717) is 29.2 Å². The molecule has 7 heteroatoms. The summed E-state index contributed by atoms with van der Waals surface area (Å²) in [4.78, 5) is 13.0. The summed E-state index contributed by atoms with van der Waals surface area (Å²) in [6, 6.07) is 3.35. The van der Waals surface area contributed by atoms with Gasteiger partial charge in [0.1, 0.15) is 5.69 Å². The van der Waals surface area contributed by atoms with E-state index in [9.17, 15) is 10.1 Å². The minimum Gasteiger partial charge on any atom is -0.379 e. The fourth-order valence-electron chi connectivity index (χ4n) is 2.58. The van der Waals surface area contributed by atoms with E-state index in [2.05, 4.69) is 24.1 Å². The maximum Gasteiger partial charge on any atom is 0.293 e. The van der Waals surface area contributed by atoms with Crippen molar-refractivity contribution >= 4 is 34.6 Å². The summed E-state index contributed by atoms with van der Waals surface area (Å²) in [5.74, 6) is 0.487. The third kappa shape index (κ3) is 3.99. The zero-order valence-corrected chi connectivity index (χ0v) is 13.6. The predicted octanol–water partition coefficient (Wildman–Crippen LogP) is 4.04. The molecule has 0 bridgehead atoms. The molecule has 2 rings (SSSR count). The fraction of sp³-hybridized carbons (Fsp3) is 0.571. The standard InChI is InChI=1S/C14H19Cl2N3O2/c1-9(2)18-4-3-10(8-18)7-17-13-5-11(15)12(16)6-14(13)19(20)21/h5-6,9-10,17H,3-4,7-8H2,1-2H3. The van der Waals surface area contributed by atoms with E-state index in [4.69, 9.17) is 23.2 Å². The van der Waals surface area contributed by atoms with E-state index in [1.54, 1.807) is 0 Å². The molecule has 1 N–H and O–H groups in total. The molecule has 0 saturated carbocycles. The number of nitrogens with zero attached hydrogens (tertiary/aromatic N) is 2. The summed E-state index contributed by atoms with van der Waals surface area (Å²) in [6.45, 7) is 7.15. The second kappa shape index (κ2) is 6.81. The first-order valence-corrected chi connectivity index (χ1v) is 7.75.